The van der Waals surface area contributed by atoms with Crippen LogP contribution in [0.3, 0.4) is 0 Å². The lowest BCUT2D eigenvalue weighted by Crippen LogP contribution is -2.42. The highest BCUT2D eigenvalue weighted by Gasteiger charge is 2.28. The molecule has 0 aliphatic carbocycles. The fourth-order valence-electron chi connectivity index (χ4n) is 2.92. The summed E-state index contributed by atoms with van der Waals surface area (Å²) in [5, 5.41) is 2.85. The molecule has 1 fully saturated rings. The number of carbonyl (C=O) groups is 2. The molecule has 4 nitrogen and oxygen atoms in total. The van der Waals surface area contributed by atoms with E-state index in [9.17, 15) is 14.0 Å². The number of carbonyl (C=O) groups excluding carboxylic acids is 2. The van der Waals surface area contributed by atoms with E-state index in [2.05, 4.69) is 5.32 Å². The molecule has 3 rings (SSSR count). The maximum Gasteiger partial charge on any atom is 0.321 e. The highest BCUT2D eigenvalue weighted by atomic mass is 19.1. The fraction of sp³-hybridized carbons (Fsp3) is 0.263. The molecule has 1 N–H and O–H groups in total. The zero-order chi connectivity index (χ0) is 16.9. The number of para-hydroxylation sites is 1. The van der Waals surface area contributed by atoms with E-state index in [4.69, 9.17) is 0 Å². The Hall–Kier alpha value is -2.69. The molecule has 5 heteroatoms. The van der Waals surface area contributed by atoms with Gasteiger partial charge in [-0.15, -0.1) is 0 Å². The van der Waals surface area contributed by atoms with E-state index in [-0.39, 0.29) is 23.5 Å². The second-order valence-electron chi connectivity index (χ2n) is 5.93. The average molecular weight is 326 g/mol. The van der Waals surface area contributed by atoms with Gasteiger partial charge in [0.05, 0.1) is 0 Å². The quantitative estimate of drug-likeness (QED) is 0.868. The third-order valence-corrected chi connectivity index (χ3v) is 4.31. The highest BCUT2D eigenvalue weighted by Crippen LogP contribution is 2.22. The largest absolute Gasteiger partial charge is 0.324 e. The lowest BCUT2D eigenvalue weighted by Gasteiger charge is -2.31. The van der Waals surface area contributed by atoms with Crippen LogP contribution in [0.25, 0.3) is 0 Å². The van der Waals surface area contributed by atoms with Crippen LogP contribution in [0.2, 0.25) is 0 Å². The molecule has 124 valence electrons. The summed E-state index contributed by atoms with van der Waals surface area (Å²) in [4.78, 5) is 26.4. The zero-order valence-electron chi connectivity index (χ0n) is 13.2. The number of nitrogens with one attached hydrogen (secondary N) is 1. The summed E-state index contributed by atoms with van der Waals surface area (Å²) >= 11 is 0. The van der Waals surface area contributed by atoms with Crippen LogP contribution in [-0.2, 0) is 0 Å². The standard InChI is InChI=1S/C19H19FN2O2/c20-16-8-6-14(7-9-16)18(23)15-10-12-22(13-11-15)19(24)21-17-4-2-1-3-5-17/h1-9,15H,10-13H2,(H,21,24). The molecular formula is C19H19FN2O2. The first kappa shape index (κ1) is 16.2. The van der Waals surface area contributed by atoms with Gasteiger partial charge in [-0.05, 0) is 49.2 Å². The van der Waals surface area contributed by atoms with Crippen LogP contribution in [0, 0.1) is 11.7 Å². The number of piperidine rings is 1. The SMILES string of the molecule is O=C(c1ccc(F)cc1)C1CCN(C(=O)Nc2ccccc2)CC1. The van der Waals surface area contributed by atoms with Crippen molar-refractivity contribution in [2.45, 2.75) is 12.8 Å². The van der Waals surface area contributed by atoms with Gasteiger partial charge in [0.15, 0.2) is 5.78 Å². The molecule has 24 heavy (non-hydrogen) atoms. The summed E-state index contributed by atoms with van der Waals surface area (Å²) in [5.74, 6) is -0.437. The Balaban J connectivity index is 1.54. The van der Waals surface area contributed by atoms with Gasteiger partial charge in [-0.2, -0.15) is 0 Å². The second-order valence-corrected chi connectivity index (χ2v) is 5.93. The number of hydrogen-bond donors (Lipinski definition) is 1. The molecule has 1 heterocycles. The van der Waals surface area contributed by atoms with E-state index in [0.29, 0.717) is 31.5 Å². The molecule has 1 aliphatic heterocycles. The Bertz CT molecular complexity index is 708. The topological polar surface area (TPSA) is 49.4 Å². The van der Waals surface area contributed by atoms with Crippen molar-refractivity contribution in [3.8, 4) is 0 Å². The van der Waals surface area contributed by atoms with Gasteiger partial charge in [0.2, 0.25) is 0 Å². The van der Waals surface area contributed by atoms with Crippen LogP contribution in [0.15, 0.2) is 54.6 Å². The van der Waals surface area contributed by atoms with E-state index in [1.54, 1.807) is 4.90 Å². The molecule has 0 radical (unpaired) electrons. The Morgan fingerprint density at radius 3 is 2.21 bits per heavy atom. The zero-order valence-corrected chi connectivity index (χ0v) is 13.2. The van der Waals surface area contributed by atoms with Gasteiger partial charge in [-0.1, -0.05) is 18.2 Å². The molecule has 2 aromatic rings. The van der Waals surface area contributed by atoms with Crippen molar-refractivity contribution in [3.05, 3.63) is 66.0 Å². The minimum atomic E-state index is -0.348. The number of anilines is 1. The van der Waals surface area contributed by atoms with Crippen molar-refractivity contribution in [2.24, 2.45) is 5.92 Å². The Morgan fingerprint density at radius 1 is 0.958 bits per heavy atom. The predicted molar refractivity (Wildman–Crippen MR) is 90.5 cm³/mol. The molecule has 0 atom stereocenters. The van der Waals surface area contributed by atoms with Crippen molar-refractivity contribution in [1.82, 2.24) is 4.90 Å². The Kier molecular flexibility index (Phi) is 4.89. The third kappa shape index (κ3) is 3.79. The van der Waals surface area contributed by atoms with Gasteiger partial charge in [-0.25, -0.2) is 9.18 Å². The van der Waals surface area contributed by atoms with Gasteiger partial charge in [0.25, 0.3) is 0 Å². The van der Waals surface area contributed by atoms with Crippen LogP contribution in [-0.4, -0.2) is 29.8 Å². The minimum Gasteiger partial charge on any atom is -0.324 e. The number of likely N-dealkylation sites (tertiary alicyclic amines) is 1. The number of hydrogen-bond acceptors (Lipinski definition) is 2. The van der Waals surface area contributed by atoms with Crippen LogP contribution in [0.1, 0.15) is 23.2 Å². The van der Waals surface area contributed by atoms with Crippen molar-refractivity contribution in [1.29, 1.82) is 0 Å². The highest BCUT2D eigenvalue weighted by molar-refractivity contribution is 5.98. The maximum atomic E-state index is 12.9. The van der Waals surface area contributed by atoms with Crippen LogP contribution in [0.5, 0.6) is 0 Å². The molecular weight excluding hydrogens is 307 g/mol. The summed E-state index contributed by atoms with van der Waals surface area (Å²) in [6.45, 7) is 1.08. The fourth-order valence-corrected chi connectivity index (χ4v) is 2.92. The number of halogens is 1. The number of benzene rings is 2. The van der Waals surface area contributed by atoms with Gasteiger partial charge in [-0.3, -0.25) is 4.79 Å². The monoisotopic (exact) mass is 326 g/mol. The maximum absolute atomic E-state index is 12.9. The number of rotatable bonds is 3. The van der Waals surface area contributed by atoms with Crippen LogP contribution >= 0.6 is 0 Å². The van der Waals surface area contributed by atoms with Crippen LogP contribution < -0.4 is 5.32 Å². The Morgan fingerprint density at radius 2 is 1.58 bits per heavy atom. The van der Waals surface area contributed by atoms with Gasteiger partial charge < -0.3 is 10.2 Å². The molecule has 2 amide bonds. The molecule has 0 aromatic heterocycles. The number of ketones is 1. The van der Waals surface area contributed by atoms with Crippen molar-refractivity contribution in [2.75, 3.05) is 18.4 Å². The number of urea groups is 1. The third-order valence-electron chi connectivity index (χ3n) is 4.31. The molecule has 1 aliphatic rings. The first-order valence-electron chi connectivity index (χ1n) is 8.04. The average Bonchev–Trinajstić information content (AvgIpc) is 2.63. The predicted octanol–water partition coefficient (Wildman–Crippen LogP) is 3.95. The lowest BCUT2D eigenvalue weighted by atomic mass is 9.89. The van der Waals surface area contributed by atoms with E-state index in [1.165, 1.54) is 24.3 Å². The molecule has 1 saturated heterocycles. The second kappa shape index (κ2) is 7.25. The molecule has 0 saturated carbocycles. The van der Waals surface area contributed by atoms with E-state index in [1.807, 2.05) is 30.3 Å². The molecule has 2 aromatic carbocycles. The van der Waals surface area contributed by atoms with E-state index >= 15 is 0 Å². The first-order valence-corrected chi connectivity index (χ1v) is 8.04. The lowest BCUT2D eigenvalue weighted by molar-refractivity contribution is 0.0859. The number of nitrogens with zero attached hydrogens (tertiary/aromatic N) is 1. The van der Waals surface area contributed by atoms with E-state index < -0.39 is 0 Å². The molecule has 0 unspecified atom stereocenters. The van der Waals surface area contributed by atoms with Crippen molar-refractivity contribution in [3.63, 3.8) is 0 Å². The summed E-state index contributed by atoms with van der Waals surface area (Å²) in [6.07, 6.45) is 1.25. The summed E-state index contributed by atoms with van der Waals surface area (Å²) in [7, 11) is 0. The smallest absolute Gasteiger partial charge is 0.321 e. The first-order chi connectivity index (χ1) is 11.6. The van der Waals surface area contributed by atoms with Gasteiger partial charge in [0.1, 0.15) is 5.82 Å². The van der Waals surface area contributed by atoms with Gasteiger partial charge >= 0.3 is 6.03 Å². The van der Waals surface area contributed by atoms with Crippen molar-refractivity contribution < 1.29 is 14.0 Å². The molecule has 0 bridgehead atoms. The number of Topliss-reactive ketones (excluding diaryl/α,β-unsaturated/α-hetero) is 1. The van der Waals surface area contributed by atoms with Crippen LogP contribution in [0.4, 0.5) is 14.9 Å². The van der Waals surface area contributed by atoms with E-state index in [0.717, 1.165) is 5.69 Å². The normalized spacial score (nSPS) is 15.1. The summed E-state index contributed by atoms with van der Waals surface area (Å²) < 4.78 is 12.9. The van der Waals surface area contributed by atoms with Crippen molar-refractivity contribution >= 4 is 17.5 Å². The number of amides is 2. The van der Waals surface area contributed by atoms with Gasteiger partial charge in [0, 0.05) is 30.3 Å². The summed E-state index contributed by atoms with van der Waals surface area (Å²) in [5.41, 5.74) is 1.29. The Labute approximate surface area is 140 Å². The molecule has 0 spiro atoms. The minimum absolute atomic E-state index is 0.0260. The summed E-state index contributed by atoms with van der Waals surface area (Å²) in [6, 6.07) is 14.8.